The lowest BCUT2D eigenvalue weighted by molar-refractivity contribution is 0.0666. The van der Waals surface area contributed by atoms with Gasteiger partial charge < -0.3 is 51.0 Å². The number of amides is 2. The van der Waals surface area contributed by atoms with Crippen LogP contribution in [-0.4, -0.2) is 79.1 Å². The average molecular weight is 991 g/mol. The number of carbonyl (C=O) groups excluding carboxylic acids is 2. The number of nitrogens with one attached hydrogen (secondary N) is 5. The van der Waals surface area contributed by atoms with E-state index in [-0.39, 0.29) is 54.8 Å². The van der Waals surface area contributed by atoms with Gasteiger partial charge in [0.15, 0.2) is 11.1 Å². The summed E-state index contributed by atoms with van der Waals surface area (Å²) in [5.74, 6) is 1.96. The van der Waals surface area contributed by atoms with Gasteiger partial charge in [-0.1, -0.05) is 36.4 Å². The summed E-state index contributed by atoms with van der Waals surface area (Å²) in [7, 11) is 0. The quantitative estimate of drug-likeness (QED) is 0.0579. The molecule has 4 aliphatic rings. The van der Waals surface area contributed by atoms with Crippen LogP contribution in [0.5, 0.6) is 28.7 Å². The Labute approximate surface area is 431 Å². The van der Waals surface area contributed by atoms with Crippen molar-refractivity contribution in [3.8, 4) is 28.7 Å². The highest BCUT2D eigenvalue weighted by Gasteiger charge is 2.58. The number of anilines is 5. The van der Waals surface area contributed by atoms with Crippen molar-refractivity contribution in [2.45, 2.75) is 66.5 Å². The molecular weight excluding hydrogens is 929 g/mol. The molecule has 4 heterocycles. The van der Waals surface area contributed by atoms with Gasteiger partial charge in [-0.2, -0.15) is 0 Å². The van der Waals surface area contributed by atoms with Crippen LogP contribution < -0.4 is 46.8 Å². The fourth-order valence-electron chi connectivity index (χ4n) is 12.1. The minimum atomic E-state index is -1.09. The normalized spacial score (nSPS) is 15.3. The molecule has 11 rings (SSSR count). The predicted molar refractivity (Wildman–Crippen MR) is 292 cm³/mol. The van der Waals surface area contributed by atoms with E-state index in [1.165, 1.54) is 0 Å². The van der Waals surface area contributed by atoms with Crippen LogP contribution in [0.1, 0.15) is 104 Å². The van der Waals surface area contributed by atoms with Crippen LogP contribution in [0.4, 0.5) is 28.4 Å². The van der Waals surface area contributed by atoms with E-state index in [9.17, 15) is 19.5 Å². The van der Waals surface area contributed by atoms with Crippen molar-refractivity contribution < 1.29 is 24.2 Å². The second-order valence-electron chi connectivity index (χ2n) is 19.6. The Kier molecular flexibility index (Phi) is 11.9. The lowest BCUT2D eigenvalue weighted by Gasteiger charge is -2.45. The maximum absolute atomic E-state index is 14.9. The fraction of sp³-hybridized carbons (Fsp3) is 0.300. The number of aromatic hydroxyl groups is 1. The van der Waals surface area contributed by atoms with Gasteiger partial charge in [-0.25, -0.2) is 0 Å². The second-order valence-corrected chi connectivity index (χ2v) is 19.6. The molecule has 0 aromatic heterocycles. The van der Waals surface area contributed by atoms with Crippen molar-refractivity contribution in [1.82, 2.24) is 9.80 Å². The van der Waals surface area contributed by atoms with Gasteiger partial charge in [0.05, 0.1) is 6.54 Å². The van der Waals surface area contributed by atoms with E-state index in [0.29, 0.717) is 34.1 Å². The Hall–Kier alpha value is -8.26. The van der Waals surface area contributed by atoms with Crippen LogP contribution in [0.15, 0.2) is 107 Å². The Balaban J connectivity index is 0.922. The van der Waals surface area contributed by atoms with Crippen LogP contribution in [0.25, 0.3) is 0 Å². The van der Waals surface area contributed by atoms with Crippen molar-refractivity contribution in [1.29, 1.82) is 0 Å². The monoisotopic (exact) mass is 990 g/mol. The smallest absolute Gasteiger partial charge is 0.255 e. The summed E-state index contributed by atoms with van der Waals surface area (Å²) in [5.41, 5.74) is 11.4. The molecule has 2 amide bonds. The third-order valence-corrected chi connectivity index (χ3v) is 15.3. The summed E-state index contributed by atoms with van der Waals surface area (Å²) in [6, 6.07) is 32.0. The molecule has 14 nitrogen and oxygen atoms in total. The number of hydrogen-bond donors (Lipinski definition) is 6. The predicted octanol–water partition coefficient (Wildman–Crippen LogP) is 10.0. The maximum Gasteiger partial charge on any atom is 0.255 e. The summed E-state index contributed by atoms with van der Waals surface area (Å²) in [6.07, 6.45) is 0. The highest BCUT2D eigenvalue weighted by Crippen LogP contribution is 2.60. The van der Waals surface area contributed by atoms with Gasteiger partial charge in [0.1, 0.15) is 39.8 Å². The summed E-state index contributed by atoms with van der Waals surface area (Å²) in [4.78, 5) is 52.2. The van der Waals surface area contributed by atoms with Crippen LogP contribution in [0.3, 0.4) is 0 Å². The number of rotatable bonds is 15. The fourth-order valence-corrected chi connectivity index (χ4v) is 12.1. The van der Waals surface area contributed by atoms with Crippen molar-refractivity contribution >= 4 is 40.3 Å². The molecule has 0 aliphatic carbocycles. The lowest BCUT2D eigenvalue weighted by Crippen LogP contribution is -2.49. The second kappa shape index (κ2) is 18.3. The molecule has 0 fully saturated rings. The minimum absolute atomic E-state index is 0.0272. The van der Waals surface area contributed by atoms with E-state index in [1.54, 1.807) is 0 Å². The number of fused-ring (bicyclic) bond motifs is 12. The molecule has 0 unspecified atom stereocenters. The molecule has 0 saturated carbocycles. The summed E-state index contributed by atoms with van der Waals surface area (Å²) >= 11 is 0. The standard InChI is InChI=1S/C60H62N8O6/c1-9-61-45-29-49-41(25-33(45)5)59(42-26-34(6)46(62-10-2)30-50(42)73-49)39-19-15-13-17-37(39)57(71)67(59)23-21-65-53-55(69)54(56(53)70)66-22-24-68-58(72)38-18-14-16-20-40(38)60(68)43-27-35(7)47(63-11-3)31-51(43)74-52-32-48(64-12-4)36(8)28-44(52)60/h13-20,25-32,61-65,69H,9-12,21-24H2,1-8H3. The zero-order valence-electron chi connectivity index (χ0n) is 43.2. The molecule has 0 saturated heterocycles. The lowest BCUT2D eigenvalue weighted by atomic mass is 9.73. The van der Waals surface area contributed by atoms with Crippen LogP contribution in [-0.2, 0) is 11.1 Å². The molecule has 7 aromatic carbocycles. The Morgan fingerprint density at radius 1 is 0.500 bits per heavy atom. The highest BCUT2D eigenvalue weighted by molar-refractivity contribution is 6.03. The topological polar surface area (TPSA) is 169 Å². The Bertz CT molecular complexity index is 3430. The first-order valence-electron chi connectivity index (χ1n) is 25.8. The largest absolute Gasteiger partial charge is 0.504 e. The number of hydrogen-bond acceptors (Lipinski definition) is 12. The summed E-state index contributed by atoms with van der Waals surface area (Å²) in [5, 5.41) is 28.6. The van der Waals surface area contributed by atoms with Crippen molar-refractivity contribution in [2.75, 3.05) is 78.9 Å². The Morgan fingerprint density at radius 2 is 0.865 bits per heavy atom. The van der Waals surface area contributed by atoms with E-state index in [0.717, 1.165) is 105 Å². The van der Waals surface area contributed by atoms with Gasteiger partial charge in [0.2, 0.25) is 5.43 Å². The minimum Gasteiger partial charge on any atom is -0.504 e. The summed E-state index contributed by atoms with van der Waals surface area (Å²) < 4.78 is 13.5. The van der Waals surface area contributed by atoms with Gasteiger partial charge in [-0.3, -0.25) is 19.4 Å². The van der Waals surface area contributed by atoms with E-state index < -0.39 is 16.5 Å². The van der Waals surface area contributed by atoms with Crippen LogP contribution in [0.2, 0.25) is 0 Å². The molecule has 0 radical (unpaired) electrons. The molecule has 4 aliphatic heterocycles. The third kappa shape index (κ3) is 6.97. The zero-order valence-corrected chi connectivity index (χ0v) is 43.2. The number of benzene rings is 6. The highest BCUT2D eigenvalue weighted by atomic mass is 16.5. The SMILES string of the molecule is CCNc1cc2c(cc1C)C1(c3cc(C)c(NCC)cc3O2)c2ccccc2C(=O)N1CCN=c1c(O)c(NCCN2C(=O)c3ccccc3C23c2cc(C)c(NCC)cc2Oc2cc(NCC)c(C)cc23)c1=O. The van der Waals surface area contributed by atoms with Gasteiger partial charge in [-0.15, -0.1) is 0 Å². The molecular formula is C60H62N8O6. The van der Waals surface area contributed by atoms with Crippen LogP contribution in [0, 0.1) is 27.7 Å². The number of aryl methyl sites for hydroxylation is 4. The van der Waals surface area contributed by atoms with E-state index in [1.807, 2.05) is 82.6 Å². The van der Waals surface area contributed by atoms with E-state index in [2.05, 4.69) is 111 Å². The van der Waals surface area contributed by atoms with Gasteiger partial charge in [-0.05, 0) is 125 Å². The summed E-state index contributed by atoms with van der Waals surface area (Å²) in [6.45, 7) is 19.8. The van der Waals surface area contributed by atoms with Crippen molar-refractivity contribution in [3.05, 3.63) is 179 Å². The number of nitrogens with zero attached hydrogens (tertiary/aromatic N) is 3. The molecule has 6 N–H and O–H groups in total. The van der Waals surface area contributed by atoms with Crippen molar-refractivity contribution in [3.63, 3.8) is 0 Å². The third-order valence-electron chi connectivity index (χ3n) is 15.3. The Morgan fingerprint density at radius 3 is 1.23 bits per heavy atom. The molecule has 74 heavy (non-hydrogen) atoms. The molecule has 14 heteroatoms. The molecule has 0 bridgehead atoms. The van der Waals surface area contributed by atoms with Gasteiger partial charge in [0, 0.05) is 126 Å². The molecule has 378 valence electrons. The van der Waals surface area contributed by atoms with E-state index in [4.69, 9.17) is 9.47 Å². The van der Waals surface area contributed by atoms with E-state index >= 15 is 0 Å². The number of ether oxygens (including phenoxy) is 2. The first kappa shape index (κ1) is 48.0. The van der Waals surface area contributed by atoms with Gasteiger partial charge in [0.25, 0.3) is 11.8 Å². The molecule has 2 spiro atoms. The zero-order chi connectivity index (χ0) is 51.8. The maximum atomic E-state index is 14.9. The van der Waals surface area contributed by atoms with Gasteiger partial charge >= 0.3 is 0 Å². The first-order chi connectivity index (χ1) is 35.8. The van der Waals surface area contributed by atoms with Crippen LogP contribution >= 0.6 is 0 Å². The number of carbonyl (C=O) groups is 2. The molecule has 0 atom stereocenters. The first-order valence-corrected chi connectivity index (χ1v) is 25.8. The van der Waals surface area contributed by atoms with Crippen molar-refractivity contribution in [2.24, 2.45) is 4.99 Å². The average Bonchev–Trinajstić information content (AvgIpc) is 3.78. The molecule has 7 aromatic rings.